The molecule has 0 bridgehead atoms. The van der Waals surface area contributed by atoms with Gasteiger partial charge >= 0.3 is 0 Å². The summed E-state index contributed by atoms with van der Waals surface area (Å²) in [5.74, 6) is 3.74. The Labute approximate surface area is 139 Å². The monoisotopic (exact) mass is 332 g/mol. The SMILES string of the molecule is C#CCn1c(=NC(=O)CCCC)sc2cc(OC)c(OC)cc21. The number of rotatable bonds is 6. The number of amides is 1. The van der Waals surface area contributed by atoms with E-state index in [0.29, 0.717) is 29.3 Å². The first-order chi connectivity index (χ1) is 11.1. The number of ether oxygens (including phenoxy) is 2. The molecule has 0 aliphatic heterocycles. The molecule has 2 aromatic rings. The van der Waals surface area contributed by atoms with Gasteiger partial charge in [-0.15, -0.1) is 6.42 Å². The summed E-state index contributed by atoms with van der Waals surface area (Å²) in [5, 5.41) is 0. The van der Waals surface area contributed by atoms with Crippen LogP contribution in [0.15, 0.2) is 17.1 Å². The summed E-state index contributed by atoms with van der Waals surface area (Å²) in [6.07, 6.45) is 7.72. The molecule has 122 valence electrons. The first-order valence-corrected chi connectivity index (χ1v) is 8.22. The third kappa shape index (κ3) is 3.74. The van der Waals surface area contributed by atoms with Gasteiger partial charge in [-0.2, -0.15) is 4.99 Å². The van der Waals surface area contributed by atoms with Gasteiger partial charge in [0.05, 0.1) is 31.0 Å². The quantitative estimate of drug-likeness (QED) is 0.764. The molecule has 1 aromatic heterocycles. The molecule has 6 heteroatoms. The van der Waals surface area contributed by atoms with E-state index in [1.165, 1.54) is 11.3 Å². The minimum absolute atomic E-state index is 0.122. The number of hydrogen-bond donors (Lipinski definition) is 0. The van der Waals surface area contributed by atoms with Crippen molar-refractivity contribution in [2.45, 2.75) is 32.7 Å². The van der Waals surface area contributed by atoms with Crippen LogP contribution in [-0.4, -0.2) is 24.7 Å². The molecular weight excluding hydrogens is 312 g/mol. The van der Waals surface area contributed by atoms with Crippen LogP contribution < -0.4 is 14.3 Å². The number of unbranched alkanes of at least 4 members (excludes halogenated alkanes) is 1. The topological polar surface area (TPSA) is 52.8 Å². The van der Waals surface area contributed by atoms with Gasteiger partial charge < -0.3 is 14.0 Å². The van der Waals surface area contributed by atoms with Gasteiger partial charge in [0, 0.05) is 18.6 Å². The van der Waals surface area contributed by atoms with Crippen molar-refractivity contribution in [3.8, 4) is 23.8 Å². The maximum absolute atomic E-state index is 12.0. The zero-order chi connectivity index (χ0) is 16.8. The van der Waals surface area contributed by atoms with Gasteiger partial charge in [-0.05, 0) is 6.42 Å². The molecule has 0 spiro atoms. The van der Waals surface area contributed by atoms with Gasteiger partial charge in [-0.3, -0.25) is 4.79 Å². The summed E-state index contributed by atoms with van der Waals surface area (Å²) in [5.41, 5.74) is 0.882. The maximum atomic E-state index is 12.0. The second kappa shape index (κ2) is 7.84. The van der Waals surface area contributed by atoms with Crippen molar-refractivity contribution < 1.29 is 14.3 Å². The predicted octanol–water partition coefficient (Wildman–Crippen LogP) is 2.97. The van der Waals surface area contributed by atoms with E-state index in [1.807, 2.05) is 23.6 Å². The molecule has 0 aliphatic carbocycles. The average molecular weight is 332 g/mol. The number of terminal acetylenes is 1. The Bertz CT molecular complexity index is 812. The number of fused-ring (bicyclic) bond motifs is 1. The standard InChI is InChI=1S/C17H20N2O3S/c1-5-7-8-16(20)18-17-19(9-6-2)12-10-13(21-3)14(22-4)11-15(12)23-17/h2,10-11H,5,7-9H2,1,3-4H3. The Morgan fingerprint density at radius 3 is 2.65 bits per heavy atom. The molecule has 0 N–H and O–H groups in total. The summed E-state index contributed by atoms with van der Waals surface area (Å²) in [6.45, 7) is 2.39. The van der Waals surface area contributed by atoms with Crippen LogP contribution in [0.5, 0.6) is 11.5 Å². The molecule has 0 aliphatic rings. The van der Waals surface area contributed by atoms with Gasteiger partial charge in [-0.25, -0.2) is 0 Å². The van der Waals surface area contributed by atoms with Crippen molar-refractivity contribution in [2.24, 2.45) is 4.99 Å². The van der Waals surface area contributed by atoms with E-state index in [4.69, 9.17) is 15.9 Å². The molecule has 1 aromatic carbocycles. The third-order valence-electron chi connectivity index (χ3n) is 3.40. The number of aromatic nitrogens is 1. The molecule has 0 fully saturated rings. The minimum Gasteiger partial charge on any atom is -0.493 e. The molecular formula is C17H20N2O3S. The fraction of sp³-hybridized carbons (Fsp3) is 0.412. The lowest BCUT2D eigenvalue weighted by molar-refractivity contribution is -0.118. The van der Waals surface area contributed by atoms with Crippen molar-refractivity contribution in [3.05, 3.63) is 16.9 Å². The van der Waals surface area contributed by atoms with Gasteiger partial charge in [-0.1, -0.05) is 30.6 Å². The summed E-state index contributed by atoms with van der Waals surface area (Å²) < 4.78 is 13.5. The number of hydrogen-bond acceptors (Lipinski definition) is 4. The summed E-state index contributed by atoms with van der Waals surface area (Å²) in [4.78, 5) is 16.8. The van der Waals surface area contributed by atoms with Crippen LogP contribution >= 0.6 is 11.3 Å². The largest absolute Gasteiger partial charge is 0.493 e. The molecule has 0 saturated carbocycles. The van der Waals surface area contributed by atoms with Crippen LogP contribution in [0.25, 0.3) is 10.2 Å². The second-order valence-electron chi connectivity index (χ2n) is 4.96. The van der Waals surface area contributed by atoms with Gasteiger partial charge in [0.25, 0.3) is 0 Å². The van der Waals surface area contributed by atoms with E-state index >= 15 is 0 Å². The zero-order valence-electron chi connectivity index (χ0n) is 13.6. The fourth-order valence-electron chi connectivity index (χ4n) is 2.22. The van der Waals surface area contributed by atoms with E-state index in [0.717, 1.165) is 23.1 Å². The first-order valence-electron chi connectivity index (χ1n) is 7.41. The van der Waals surface area contributed by atoms with Crippen LogP contribution in [0.2, 0.25) is 0 Å². The maximum Gasteiger partial charge on any atom is 0.248 e. The Balaban J connectivity index is 2.61. The van der Waals surface area contributed by atoms with Crippen molar-refractivity contribution in [3.63, 3.8) is 0 Å². The lowest BCUT2D eigenvalue weighted by Crippen LogP contribution is -2.16. The summed E-state index contributed by atoms with van der Waals surface area (Å²) in [6, 6.07) is 3.74. The van der Waals surface area contributed by atoms with Crippen molar-refractivity contribution >= 4 is 27.5 Å². The van der Waals surface area contributed by atoms with E-state index < -0.39 is 0 Å². The van der Waals surface area contributed by atoms with Crippen LogP contribution in [-0.2, 0) is 11.3 Å². The highest BCUT2D eigenvalue weighted by Crippen LogP contribution is 2.33. The molecule has 0 unspecified atom stereocenters. The van der Waals surface area contributed by atoms with Crippen molar-refractivity contribution in [1.29, 1.82) is 0 Å². The number of carbonyl (C=O) groups excluding carboxylic acids is 1. The van der Waals surface area contributed by atoms with Crippen molar-refractivity contribution in [1.82, 2.24) is 4.57 Å². The number of methoxy groups -OCH3 is 2. The Kier molecular flexibility index (Phi) is 5.83. The Morgan fingerprint density at radius 1 is 1.35 bits per heavy atom. The molecule has 1 heterocycles. The van der Waals surface area contributed by atoms with Crippen LogP contribution in [0.1, 0.15) is 26.2 Å². The highest BCUT2D eigenvalue weighted by atomic mass is 32.1. The fourth-order valence-corrected chi connectivity index (χ4v) is 3.27. The summed E-state index contributed by atoms with van der Waals surface area (Å²) in [7, 11) is 3.17. The van der Waals surface area contributed by atoms with Crippen LogP contribution in [0.3, 0.4) is 0 Å². The lowest BCUT2D eigenvalue weighted by Gasteiger charge is -2.08. The average Bonchev–Trinajstić information content (AvgIpc) is 2.88. The number of benzene rings is 1. The summed E-state index contributed by atoms with van der Waals surface area (Å²) >= 11 is 1.42. The molecule has 0 saturated heterocycles. The molecule has 1 amide bonds. The van der Waals surface area contributed by atoms with Crippen molar-refractivity contribution in [2.75, 3.05) is 14.2 Å². The molecule has 0 atom stereocenters. The van der Waals surface area contributed by atoms with Gasteiger partial charge in [0.1, 0.15) is 0 Å². The van der Waals surface area contributed by atoms with Gasteiger partial charge in [0.15, 0.2) is 16.3 Å². The van der Waals surface area contributed by atoms with Crippen LogP contribution in [0, 0.1) is 12.3 Å². The van der Waals surface area contributed by atoms with Gasteiger partial charge in [0.2, 0.25) is 5.91 Å². The van der Waals surface area contributed by atoms with E-state index in [-0.39, 0.29) is 5.91 Å². The highest BCUT2D eigenvalue weighted by molar-refractivity contribution is 7.16. The first kappa shape index (κ1) is 17.1. The van der Waals surface area contributed by atoms with E-state index in [1.54, 1.807) is 14.2 Å². The zero-order valence-corrected chi connectivity index (χ0v) is 14.4. The lowest BCUT2D eigenvalue weighted by atomic mass is 10.2. The second-order valence-corrected chi connectivity index (χ2v) is 5.97. The Morgan fingerprint density at radius 2 is 2.04 bits per heavy atom. The number of carbonyl (C=O) groups is 1. The molecule has 23 heavy (non-hydrogen) atoms. The van der Waals surface area contributed by atoms with E-state index in [2.05, 4.69) is 10.9 Å². The molecule has 2 rings (SSSR count). The highest BCUT2D eigenvalue weighted by Gasteiger charge is 2.12. The normalized spacial score (nSPS) is 11.5. The number of thiazole rings is 1. The Hall–Kier alpha value is -2.26. The molecule has 5 nitrogen and oxygen atoms in total. The van der Waals surface area contributed by atoms with E-state index in [9.17, 15) is 4.79 Å². The minimum atomic E-state index is -0.122. The third-order valence-corrected chi connectivity index (χ3v) is 4.44. The molecule has 0 radical (unpaired) electrons. The number of nitrogens with zero attached hydrogens (tertiary/aromatic N) is 2. The smallest absolute Gasteiger partial charge is 0.248 e. The predicted molar refractivity (Wildman–Crippen MR) is 91.8 cm³/mol. The van der Waals surface area contributed by atoms with Crippen LogP contribution in [0.4, 0.5) is 0 Å².